The number of carbonyl (C=O) groups excluding carboxylic acids is 1. The summed E-state index contributed by atoms with van der Waals surface area (Å²) in [6.07, 6.45) is 2.00. The molecule has 2 heterocycles. The summed E-state index contributed by atoms with van der Waals surface area (Å²) >= 11 is 0. The van der Waals surface area contributed by atoms with E-state index in [4.69, 9.17) is 5.73 Å². The van der Waals surface area contributed by atoms with E-state index >= 15 is 0 Å². The summed E-state index contributed by atoms with van der Waals surface area (Å²) in [7, 11) is 0. The average molecular weight is 311 g/mol. The first kappa shape index (κ1) is 15.4. The zero-order chi connectivity index (χ0) is 16.2. The largest absolute Gasteiger partial charge is 0.339 e. The summed E-state index contributed by atoms with van der Waals surface area (Å²) < 4.78 is 0. The first-order valence-electron chi connectivity index (χ1n) is 7.86. The highest BCUT2D eigenvalue weighted by molar-refractivity contribution is 5.95. The predicted molar refractivity (Wildman–Crippen MR) is 89.6 cm³/mol. The van der Waals surface area contributed by atoms with Crippen molar-refractivity contribution < 1.29 is 4.79 Å². The molecular formula is C17H21N5O. The van der Waals surface area contributed by atoms with E-state index in [0.29, 0.717) is 17.9 Å². The number of hydrogen-bond acceptors (Lipinski definition) is 5. The van der Waals surface area contributed by atoms with Gasteiger partial charge in [-0.15, -0.1) is 5.10 Å². The summed E-state index contributed by atoms with van der Waals surface area (Å²) in [6.45, 7) is 3.18. The van der Waals surface area contributed by atoms with Gasteiger partial charge < -0.3 is 16.0 Å². The Hall–Kier alpha value is -2.47. The normalized spacial score (nSPS) is 17.3. The molecule has 1 atom stereocenters. The molecule has 3 rings (SSSR count). The van der Waals surface area contributed by atoms with E-state index in [0.717, 1.165) is 30.8 Å². The fourth-order valence-electron chi connectivity index (χ4n) is 2.86. The van der Waals surface area contributed by atoms with Crippen molar-refractivity contribution in [3.05, 3.63) is 47.7 Å². The molecule has 6 nitrogen and oxygen atoms in total. The molecule has 120 valence electrons. The number of hydrogen-bond donors (Lipinski definition) is 2. The number of rotatable bonds is 4. The maximum atomic E-state index is 12.7. The predicted octanol–water partition coefficient (Wildman–Crippen LogP) is 2.09. The van der Waals surface area contributed by atoms with Crippen LogP contribution in [0.3, 0.4) is 0 Å². The third kappa shape index (κ3) is 3.48. The molecule has 0 radical (unpaired) electrons. The zero-order valence-corrected chi connectivity index (χ0v) is 13.2. The van der Waals surface area contributed by atoms with E-state index in [2.05, 4.69) is 15.5 Å². The lowest BCUT2D eigenvalue weighted by Crippen LogP contribution is -2.39. The van der Waals surface area contributed by atoms with Crippen molar-refractivity contribution in [3.8, 4) is 0 Å². The molecule has 0 aliphatic carbocycles. The third-order valence-corrected chi connectivity index (χ3v) is 4.09. The molecule has 1 amide bonds. The number of nitrogens with two attached hydrogens (primary N) is 1. The van der Waals surface area contributed by atoms with E-state index in [9.17, 15) is 4.79 Å². The average Bonchev–Trinajstić information content (AvgIpc) is 3.05. The summed E-state index contributed by atoms with van der Waals surface area (Å²) in [5.74, 6) is 0.692. The molecule has 0 unspecified atom stereocenters. The van der Waals surface area contributed by atoms with Gasteiger partial charge in [-0.2, -0.15) is 5.10 Å². The molecule has 1 aliphatic heterocycles. The maximum absolute atomic E-state index is 12.7. The number of anilines is 2. The number of amides is 1. The lowest BCUT2D eigenvalue weighted by Gasteiger charge is -2.23. The number of nitrogens with zero attached hydrogens (tertiary/aromatic N) is 3. The Balaban J connectivity index is 1.76. The molecular weight excluding hydrogens is 290 g/mol. The van der Waals surface area contributed by atoms with Crippen LogP contribution in [0.15, 0.2) is 36.4 Å². The second kappa shape index (κ2) is 6.75. The van der Waals surface area contributed by atoms with Gasteiger partial charge in [0, 0.05) is 30.4 Å². The third-order valence-electron chi connectivity index (χ3n) is 4.09. The van der Waals surface area contributed by atoms with E-state index in [1.54, 1.807) is 0 Å². The van der Waals surface area contributed by atoms with Gasteiger partial charge in [-0.05, 0) is 50.1 Å². The molecule has 1 aliphatic rings. The minimum Gasteiger partial charge on any atom is -0.339 e. The summed E-state index contributed by atoms with van der Waals surface area (Å²) in [5.41, 5.74) is 8.10. The second-order valence-electron chi connectivity index (χ2n) is 5.80. The van der Waals surface area contributed by atoms with Gasteiger partial charge in [0.25, 0.3) is 5.91 Å². The van der Waals surface area contributed by atoms with Gasteiger partial charge in [-0.25, -0.2) is 0 Å². The minimum absolute atomic E-state index is 0.0385. The Labute approximate surface area is 135 Å². The van der Waals surface area contributed by atoms with E-state index in [1.807, 2.05) is 48.2 Å². The van der Waals surface area contributed by atoms with Crippen molar-refractivity contribution in [3.63, 3.8) is 0 Å². The van der Waals surface area contributed by atoms with Crippen LogP contribution < -0.4 is 11.1 Å². The van der Waals surface area contributed by atoms with Crippen LogP contribution in [0.1, 0.15) is 28.9 Å². The van der Waals surface area contributed by atoms with Crippen LogP contribution in [0.5, 0.6) is 0 Å². The first-order valence-corrected chi connectivity index (χ1v) is 7.86. The molecule has 23 heavy (non-hydrogen) atoms. The summed E-state index contributed by atoms with van der Waals surface area (Å²) in [4.78, 5) is 14.6. The van der Waals surface area contributed by atoms with Crippen molar-refractivity contribution in [2.24, 2.45) is 5.73 Å². The summed E-state index contributed by atoms with van der Waals surface area (Å²) in [6, 6.07) is 11.4. The number of aromatic nitrogens is 2. The SMILES string of the molecule is Cc1ccc(Nc2cccc(C(=O)N3CCC[C@H]3CN)c2)nn1. The van der Waals surface area contributed by atoms with Crippen LogP contribution in [0.2, 0.25) is 0 Å². The number of benzene rings is 1. The van der Waals surface area contributed by atoms with E-state index < -0.39 is 0 Å². The fourth-order valence-corrected chi connectivity index (χ4v) is 2.86. The van der Waals surface area contributed by atoms with Crippen LogP contribution in [0, 0.1) is 6.92 Å². The van der Waals surface area contributed by atoms with E-state index in [1.165, 1.54) is 0 Å². The molecule has 1 fully saturated rings. The Morgan fingerprint density at radius 2 is 2.22 bits per heavy atom. The highest BCUT2D eigenvalue weighted by atomic mass is 16.2. The fraction of sp³-hybridized carbons (Fsp3) is 0.353. The molecule has 1 aromatic carbocycles. The summed E-state index contributed by atoms with van der Waals surface area (Å²) in [5, 5.41) is 11.3. The molecule has 6 heteroatoms. The molecule has 0 bridgehead atoms. The van der Waals surface area contributed by atoms with Gasteiger partial charge in [0.15, 0.2) is 5.82 Å². The number of carbonyl (C=O) groups is 1. The topological polar surface area (TPSA) is 84.1 Å². The highest BCUT2D eigenvalue weighted by Crippen LogP contribution is 2.22. The number of aryl methyl sites for hydroxylation is 1. The van der Waals surface area contributed by atoms with Gasteiger partial charge >= 0.3 is 0 Å². The van der Waals surface area contributed by atoms with Crippen LogP contribution in [0.25, 0.3) is 0 Å². The van der Waals surface area contributed by atoms with Gasteiger partial charge in [0.1, 0.15) is 0 Å². The van der Waals surface area contributed by atoms with Gasteiger partial charge in [0.2, 0.25) is 0 Å². The Kier molecular flexibility index (Phi) is 4.52. The van der Waals surface area contributed by atoms with Gasteiger partial charge in [-0.1, -0.05) is 6.07 Å². The van der Waals surface area contributed by atoms with Crippen LogP contribution in [-0.2, 0) is 0 Å². The van der Waals surface area contributed by atoms with E-state index in [-0.39, 0.29) is 11.9 Å². The first-order chi connectivity index (χ1) is 11.2. The van der Waals surface area contributed by atoms with Crippen molar-refractivity contribution in [1.82, 2.24) is 15.1 Å². The quantitative estimate of drug-likeness (QED) is 0.903. The number of likely N-dealkylation sites (tertiary alicyclic amines) is 1. The zero-order valence-electron chi connectivity index (χ0n) is 13.2. The van der Waals surface area contributed by atoms with Crippen molar-refractivity contribution >= 4 is 17.4 Å². The Morgan fingerprint density at radius 1 is 1.35 bits per heavy atom. The highest BCUT2D eigenvalue weighted by Gasteiger charge is 2.28. The molecule has 1 aromatic heterocycles. The Bertz CT molecular complexity index is 686. The molecule has 0 spiro atoms. The smallest absolute Gasteiger partial charge is 0.254 e. The van der Waals surface area contributed by atoms with Gasteiger partial charge in [0.05, 0.1) is 5.69 Å². The van der Waals surface area contributed by atoms with Gasteiger partial charge in [-0.3, -0.25) is 4.79 Å². The van der Waals surface area contributed by atoms with Crippen molar-refractivity contribution in [1.29, 1.82) is 0 Å². The van der Waals surface area contributed by atoms with Crippen LogP contribution >= 0.6 is 0 Å². The van der Waals surface area contributed by atoms with Crippen molar-refractivity contribution in [2.75, 3.05) is 18.4 Å². The standard InChI is InChI=1S/C17H21N5O/c1-12-7-8-16(21-20-12)19-14-5-2-4-13(10-14)17(23)22-9-3-6-15(22)11-18/h2,4-5,7-8,10,15H,3,6,9,11,18H2,1H3,(H,19,21)/t15-/m0/s1. The Morgan fingerprint density at radius 3 is 2.96 bits per heavy atom. The minimum atomic E-state index is 0.0385. The molecule has 3 N–H and O–H groups in total. The molecule has 0 saturated carbocycles. The molecule has 1 saturated heterocycles. The van der Waals surface area contributed by atoms with Crippen LogP contribution in [-0.4, -0.2) is 40.1 Å². The lowest BCUT2D eigenvalue weighted by atomic mass is 10.1. The van der Waals surface area contributed by atoms with Crippen LogP contribution in [0.4, 0.5) is 11.5 Å². The maximum Gasteiger partial charge on any atom is 0.254 e. The second-order valence-corrected chi connectivity index (χ2v) is 5.80. The molecule has 2 aromatic rings. The number of nitrogens with one attached hydrogen (secondary N) is 1. The lowest BCUT2D eigenvalue weighted by molar-refractivity contribution is 0.0741. The van der Waals surface area contributed by atoms with Crippen molar-refractivity contribution in [2.45, 2.75) is 25.8 Å². The monoisotopic (exact) mass is 311 g/mol.